The van der Waals surface area contributed by atoms with Gasteiger partial charge in [-0.1, -0.05) is 12.8 Å². The van der Waals surface area contributed by atoms with Crippen LogP contribution in [0, 0.1) is 24.2 Å². The van der Waals surface area contributed by atoms with Crippen LogP contribution in [-0.4, -0.2) is 74.2 Å². The summed E-state index contributed by atoms with van der Waals surface area (Å²) >= 11 is 0. The Balaban J connectivity index is 1.67. The Labute approximate surface area is 153 Å². The summed E-state index contributed by atoms with van der Waals surface area (Å²) in [7, 11) is 0. The fourth-order valence-electron chi connectivity index (χ4n) is 3.97. The average Bonchev–Trinajstić information content (AvgIpc) is 2.62. The summed E-state index contributed by atoms with van der Waals surface area (Å²) in [6.07, 6.45) is 9.37. The van der Waals surface area contributed by atoms with Crippen molar-refractivity contribution in [1.82, 2.24) is 15.1 Å². The van der Waals surface area contributed by atoms with Gasteiger partial charge in [0.1, 0.15) is 0 Å². The molecule has 1 amide bonds. The molecular weight excluding hydrogens is 314 g/mol. The molecule has 0 aliphatic carbocycles. The van der Waals surface area contributed by atoms with E-state index in [1.54, 1.807) is 0 Å². The number of nitrogens with zero attached hydrogens (tertiary/aromatic N) is 2. The SMILES string of the molecule is C#CCN1CCC(C(=O)N[C@H]2CCN(CCCOCC)C[C@H]2C)CC1. The van der Waals surface area contributed by atoms with Gasteiger partial charge in [0.2, 0.25) is 5.91 Å². The zero-order chi connectivity index (χ0) is 18.1. The number of amides is 1. The maximum absolute atomic E-state index is 12.6. The number of hydrogen-bond acceptors (Lipinski definition) is 4. The summed E-state index contributed by atoms with van der Waals surface area (Å²) in [4.78, 5) is 17.4. The molecule has 0 aromatic carbocycles. The zero-order valence-electron chi connectivity index (χ0n) is 16.0. The van der Waals surface area contributed by atoms with Gasteiger partial charge in [-0.2, -0.15) is 0 Å². The quantitative estimate of drug-likeness (QED) is 0.534. The lowest BCUT2D eigenvalue weighted by molar-refractivity contribution is -0.127. The highest BCUT2D eigenvalue weighted by Crippen LogP contribution is 2.21. The van der Waals surface area contributed by atoms with E-state index in [4.69, 9.17) is 11.2 Å². The number of hydrogen-bond donors (Lipinski definition) is 1. The molecule has 2 fully saturated rings. The van der Waals surface area contributed by atoms with Gasteiger partial charge in [0.15, 0.2) is 0 Å². The molecule has 0 aromatic rings. The van der Waals surface area contributed by atoms with Crippen LogP contribution in [0.1, 0.15) is 39.5 Å². The van der Waals surface area contributed by atoms with Crippen molar-refractivity contribution in [2.24, 2.45) is 11.8 Å². The van der Waals surface area contributed by atoms with Gasteiger partial charge in [0.25, 0.3) is 0 Å². The Bertz CT molecular complexity index is 441. The highest BCUT2D eigenvalue weighted by atomic mass is 16.5. The number of nitrogens with one attached hydrogen (secondary N) is 1. The van der Waals surface area contributed by atoms with Gasteiger partial charge in [-0.25, -0.2) is 0 Å². The van der Waals surface area contributed by atoms with Crippen LogP contribution in [0.5, 0.6) is 0 Å². The summed E-state index contributed by atoms with van der Waals surface area (Å²) in [5.41, 5.74) is 0. The van der Waals surface area contributed by atoms with Crippen LogP contribution in [0.2, 0.25) is 0 Å². The van der Waals surface area contributed by atoms with E-state index in [9.17, 15) is 4.79 Å². The van der Waals surface area contributed by atoms with Crippen LogP contribution in [0.3, 0.4) is 0 Å². The van der Waals surface area contributed by atoms with Crippen molar-refractivity contribution in [3.63, 3.8) is 0 Å². The van der Waals surface area contributed by atoms with Gasteiger partial charge < -0.3 is 15.0 Å². The minimum Gasteiger partial charge on any atom is -0.382 e. The molecule has 0 saturated carbocycles. The van der Waals surface area contributed by atoms with Crippen LogP contribution in [0.4, 0.5) is 0 Å². The lowest BCUT2D eigenvalue weighted by atomic mass is 9.91. The number of terminal acetylenes is 1. The monoisotopic (exact) mass is 349 g/mol. The van der Waals surface area contributed by atoms with Crippen LogP contribution >= 0.6 is 0 Å². The van der Waals surface area contributed by atoms with Gasteiger partial charge in [0, 0.05) is 44.8 Å². The molecule has 0 unspecified atom stereocenters. The molecule has 0 spiro atoms. The third kappa shape index (κ3) is 6.62. The smallest absolute Gasteiger partial charge is 0.223 e. The number of carbonyl (C=O) groups excluding carboxylic acids is 1. The number of rotatable bonds is 8. The lowest BCUT2D eigenvalue weighted by Crippen LogP contribution is -2.52. The Morgan fingerprint density at radius 3 is 2.60 bits per heavy atom. The van der Waals surface area contributed by atoms with Gasteiger partial charge in [-0.3, -0.25) is 9.69 Å². The fourth-order valence-corrected chi connectivity index (χ4v) is 3.97. The largest absolute Gasteiger partial charge is 0.382 e. The van der Waals surface area contributed by atoms with E-state index in [0.717, 1.165) is 71.6 Å². The van der Waals surface area contributed by atoms with Crippen molar-refractivity contribution in [3.8, 4) is 12.3 Å². The molecule has 2 saturated heterocycles. The average molecular weight is 350 g/mol. The topological polar surface area (TPSA) is 44.8 Å². The van der Waals surface area contributed by atoms with Crippen LogP contribution in [0.25, 0.3) is 0 Å². The third-order valence-electron chi connectivity index (χ3n) is 5.56. The van der Waals surface area contributed by atoms with E-state index in [-0.39, 0.29) is 11.8 Å². The molecule has 2 heterocycles. The minimum absolute atomic E-state index is 0.158. The Hall–Kier alpha value is -1.09. The third-order valence-corrected chi connectivity index (χ3v) is 5.56. The van der Waals surface area contributed by atoms with Crippen LogP contribution < -0.4 is 5.32 Å². The molecule has 1 N–H and O–H groups in total. The lowest BCUT2D eigenvalue weighted by Gasteiger charge is -2.38. The second-order valence-electron chi connectivity index (χ2n) is 7.49. The molecule has 0 aromatic heterocycles. The highest BCUT2D eigenvalue weighted by Gasteiger charge is 2.30. The first-order chi connectivity index (χ1) is 12.1. The summed E-state index contributed by atoms with van der Waals surface area (Å²) in [6.45, 7) is 11.8. The molecule has 2 aliphatic rings. The maximum atomic E-state index is 12.6. The molecule has 2 atom stereocenters. The van der Waals surface area contributed by atoms with E-state index < -0.39 is 0 Å². The van der Waals surface area contributed by atoms with E-state index >= 15 is 0 Å². The van der Waals surface area contributed by atoms with Crippen molar-refractivity contribution < 1.29 is 9.53 Å². The summed E-state index contributed by atoms with van der Waals surface area (Å²) in [5.74, 6) is 3.61. The zero-order valence-corrected chi connectivity index (χ0v) is 16.0. The molecule has 5 heteroatoms. The molecular formula is C20H35N3O2. The molecule has 2 rings (SSSR count). The first kappa shape index (κ1) is 20.2. The van der Waals surface area contributed by atoms with Gasteiger partial charge in [-0.15, -0.1) is 6.42 Å². The second kappa shape index (κ2) is 10.8. The molecule has 142 valence electrons. The van der Waals surface area contributed by atoms with Crippen molar-refractivity contribution >= 4 is 5.91 Å². The first-order valence-corrected chi connectivity index (χ1v) is 9.90. The molecule has 0 bridgehead atoms. The van der Waals surface area contributed by atoms with Gasteiger partial charge in [-0.05, 0) is 51.6 Å². The molecule has 2 aliphatic heterocycles. The Kier molecular flexibility index (Phi) is 8.74. The minimum atomic E-state index is 0.158. The molecule has 0 radical (unpaired) electrons. The summed E-state index contributed by atoms with van der Waals surface area (Å²) < 4.78 is 5.42. The molecule has 25 heavy (non-hydrogen) atoms. The van der Waals surface area contributed by atoms with Gasteiger partial charge >= 0.3 is 0 Å². The predicted octanol–water partition coefficient (Wildman–Crippen LogP) is 1.58. The van der Waals surface area contributed by atoms with Crippen molar-refractivity contribution in [2.45, 2.75) is 45.6 Å². The number of ether oxygens (including phenoxy) is 1. The Morgan fingerprint density at radius 1 is 1.24 bits per heavy atom. The van der Waals surface area contributed by atoms with E-state index in [0.29, 0.717) is 18.5 Å². The second-order valence-corrected chi connectivity index (χ2v) is 7.49. The predicted molar refractivity (Wildman–Crippen MR) is 101 cm³/mol. The molecule has 5 nitrogen and oxygen atoms in total. The van der Waals surface area contributed by atoms with Crippen LogP contribution in [0.15, 0.2) is 0 Å². The van der Waals surface area contributed by atoms with Crippen molar-refractivity contribution in [2.75, 3.05) is 52.5 Å². The van der Waals surface area contributed by atoms with E-state index in [2.05, 4.69) is 28.0 Å². The normalized spacial score (nSPS) is 26.3. The fraction of sp³-hybridized carbons (Fsp3) is 0.850. The number of piperidine rings is 2. The van der Waals surface area contributed by atoms with Crippen molar-refractivity contribution in [3.05, 3.63) is 0 Å². The van der Waals surface area contributed by atoms with Crippen molar-refractivity contribution in [1.29, 1.82) is 0 Å². The summed E-state index contributed by atoms with van der Waals surface area (Å²) in [5, 5.41) is 3.33. The maximum Gasteiger partial charge on any atom is 0.223 e. The summed E-state index contributed by atoms with van der Waals surface area (Å²) in [6, 6.07) is 0.319. The first-order valence-electron chi connectivity index (χ1n) is 9.90. The number of likely N-dealkylation sites (tertiary alicyclic amines) is 2. The standard InChI is InChI=1S/C20H35N3O2/c1-4-10-22-12-7-18(8-13-22)20(24)21-19-9-14-23(16-17(19)3)11-6-15-25-5-2/h1,17-19H,5-16H2,2-3H3,(H,21,24)/t17-,19+/m1/s1. The number of carbonyl (C=O) groups is 1. The van der Waals surface area contributed by atoms with Gasteiger partial charge in [0.05, 0.1) is 6.54 Å². The Morgan fingerprint density at radius 2 is 1.96 bits per heavy atom. The highest BCUT2D eigenvalue weighted by molar-refractivity contribution is 5.79. The van der Waals surface area contributed by atoms with E-state index in [1.807, 2.05) is 6.92 Å². The van der Waals surface area contributed by atoms with E-state index in [1.165, 1.54) is 0 Å². The van der Waals surface area contributed by atoms with Crippen LogP contribution in [-0.2, 0) is 9.53 Å².